The van der Waals surface area contributed by atoms with Crippen LogP contribution in [0.5, 0.6) is 0 Å². The quantitative estimate of drug-likeness (QED) is 0.580. The van der Waals surface area contributed by atoms with Gasteiger partial charge in [0.25, 0.3) is 0 Å². The Bertz CT molecular complexity index is 213. The van der Waals surface area contributed by atoms with E-state index in [4.69, 9.17) is 0 Å². The highest BCUT2D eigenvalue weighted by molar-refractivity contribution is 4.61. The molecule has 0 saturated heterocycles. The summed E-state index contributed by atoms with van der Waals surface area (Å²) in [6, 6.07) is 0. The average Bonchev–Trinajstić information content (AvgIpc) is 2.31. The molecule has 0 aromatic carbocycles. The summed E-state index contributed by atoms with van der Waals surface area (Å²) in [6.45, 7) is 5.64. The molecule has 1 heterocycles. The summed E-state index contributed by atoms with van der Waals surface area (Å²) in [7, 11) is 2.05. The van der Waals surface area contributed by atoms with E-state index in [1.165, 1.54) is 6.42 Å². The second kappa shape index (κ2) is 3.56. The third-order valence-corrected chi connectivity index (χ3v) is 1.79. The maximum Gasteiger partial charge on any atom is 0.243 e. The fourth-order valence-electron chi connectivity index (χ4n) is 1.04. The van der Waals surface area contributed by atoms with E-state index >= 15 is 0 Å². The van der Waals surface area contributed by atoms with Crippen LogP contribution >= 0.6 is 0 Å². The molecule has 0 spiro atoms. The van der Waals surface area contributed by atoms with Gasteiger partial charge in [0, 0.05) is 0 Å². The van der Waals surface area contributed by atoms with Crippen LogP contribution in [0.4, 0.5) is 0 Å². The summed E-state index contributed by atoms with van der Waals surface area (Å²) in [6.07, 6.45) is 7.56. The summed E-state index contributed by atoms with van der Waals surface area (Å²) >= 11 is 0. The van der Waals surface area contributed by atoms with Crippen LogP contribution in [0.25, 0.3) is 0 Å². The molecule has 2 heteroatoms. The van der Waals surface area contributed by atoms with Gasteiger partial charge in [0.2, 0.25) is 6.33 Å². The van der Waals surface area contributed by atoms with E-state index in [0.717, 1.165) is 12.5 Å². The van der Waals surface area contributed by atoms with Crippen LogP contribution in [0, 0.1) is 5.92 Å². The van der Waals surface area contributed by atoms with Crippen LogP contribution in [0.15, 0.2) is 18.7 Å². The van der Waals surface area contributed by atoms with Crippen molar-refractivity contribution in [1.29, 1.82) is 0 Å². The minimum Gasteiger partial charge on any atom is -0.240 e. The molecule has 0 aliphatic heterocycles. The van der Waals surface area contributed by atoms with Crippen molar-refractivity contribution in [3.63, 3.8) is 0 Å². The Morgan fingerprint density at radius 1 is 1.45 bits per heavy atom. The van der Waals surface area contributed by atoms with Crippen LogP contribution in [-0.4, -0.2) is 4.57 Å². The number of aromatic nitrogens is 2. The van der Waals surface area contributed by atoms with Gasteiger partial charge in [0.1, 0.15) is 12.4 Å². The van der Waals surface area contributed by atoms with Gasteiger partial charge < -0.3 is 0 Å². The zero-order valence-corrected chi connectivity index (χ0v) is 7.62. The first kappa shape index (κ1) is 8.31. The summed E-state index contributed by atoms with van der Waals surface area (Å²) in [5, 5.41) is 0. The Morgan fingerprint density at radius 2 is 2.18 bits per heavy atom. The Labute approximate surface area is 68.5 Å². The minimum atomic E-state index is 0.794. The smallest absolute Gasteiger partial charge is 0.240 e. The number of imidazole rings is 1. The lowest BCUT2D eigenvalue weighted by Gasteiger charge is -1.99. The normalized spacial score (nSPS) is 10.9. The van der Waals surface area contributed by atoms with Crippen molar-refractivity contribution in [2.75, 3.05) is 0 Å². The van der Waals surface area contributed by atoms with Crippen molar-refractivity contribution in [3.8, 4) is 0 Å². The minimum absolute atomic E-state index is 0.794. The molecule has 0 N–H and O–H groups in total. The molecule has 0 atom stereocenters. The van der Waals surface area contributed by atoms with Gasteiger partial charge in [-0.05, 0) is 12.3 Å². The van der Waals surface area contributed by atoms with Crippen molar-refractivity contribution >= 4 is 0 Å². The molecule has 0 fully saturated rings. The fraction of sp³-hybridized carbons (Fsp3) is 0.667. The topological polar surface area (TPSA) is 8.81 Å². The van der Waals surface area contributed by atoms with Crippen molar-refractivity contribution in [2.24, 2.45) is 13.0 Å². The molecule has 0 bridgehead atoms. The molecule has 0 saturated carbocycles. The van der Waals surface area contributed by atoms with E-state index in [1.807, 2.05) is 7.05 Å². The Balaban J connectivity index is 2.39. The van der Waals surface area contributed by atoms with Gasteiger partial charge >= 0.3 is 0 Å². The van der Waals surface area contributed by atoms with Crippen molar-refractivity contribution in [2.45, 2.75) is 26.8 Å². The van der Waals surface area contributed by atoms with E-state index in [9.17, 15) is 0 Å². The highest BCUT2D eigenvalue weighted by Gasteiger charge is 2.00. The highest BCUT2D eigenvalue weighted by Crippen LogP contribution is 1.97. The van der Waals surface area contributed by atoms with Crippen LogP contribution < -0.4 is 4.57 Å². The highest BCUT2D eigenvalue weighted by atomic mass is 15.1. The van der Waals surface area contributed by atoms with E-state index in [1.54, 1.807) is 0 Å². The molecule has 11 heavy (non-hydrogen) atoms. The van der Waals surface area contributed by atoms with Gasteiger partial charge in [0.15, 0.2) is 0 Å². The second-order valence-electron chi connectivity index (χ2n) is 3.50. The van der Waals surface area contributed by atoms with Crippen LogP contribution in [-0.2, 0) is 13.6 Å². The summed E-state index contributed by atoms with van der Waals surface area (Å²) in [5.74, 6) is 0.794. The maximum absolute atomic E-state index is 2.25. The van der Waals surface area contributed by atoms with Crippen molar-refractivity contribution in [3.05, 3.63) is 18.7 Å². The van der Waals surface area contributed by atoms with Gasteiger partial charge in [-0.1, -0.05) is 13.8 Å². The van der Waals surface area contributed by atoms with Gasteiger partial charge in [-0.15, -0.1) is 0 Å². The lowest BCUT2D eigenvalue weighted by Crippen LogP contribution is -2.31. The SMILES string of the molecule is CC(C)CC[n+]1ccn(C)c1. The molecule has 1 aromatic heterocycles. The molecule has 0 unspecified atom stereocenters. The molecular weight excluding hydrogens is 136 g/mol. The monoisotopic (exact) mass is 153 g/mol. The van der Waals surface area contributed by atoms with Gasteiger partial charge in [-0.2, -0.15) is 0 Å². The summed E-state index contributed by atoms with van der Waals surface area (Å²) < 4.78 is 4.29. The molecule has 0 aliphatic rings. The summed E-state index contributed by atoms with van der Waals surface area (Å²) in [4.78, 5) is 0. The lowest BCUT2D eigenvalue weighted by atomic mass is 10.1. The molecule has 1 rings (SSSR count). The Kier molecular flexibility index (Phi) is 2.69. The molecular formula is C9H17N2+. The van der Waals surface area contributed by atoms with Crippen LogP contribution in [0.3, 0.4) is 0 Å². The van der Waals surface area contributed by atoms with Crippen molar-refractivity contribution in [1.82, 2.24) is 4.57 Å². The molecule has 2 nitrogen and oxygen atoms in total. The molecule has 0 aliphatic carbocycles. The first-order chi connectivity index (χ1) is 5.18. The molecule has 0 amide bonds. The second-order valence-corrected chi connectivity index (χ2v) is 3.50. The summed E-state index contributed by atoms with van der Waals surface area (Å²) in [5.41, 5.74) is 0. The van der Waals surface area contributed by atoms with Gasteiger partial charge in [-0.3, -0.25) is 0 Å². The molecule has 1 aromatic rings. The molecule has 0 radical (unpaired) electrons. The number of hydrogen-bond donors (Lipinski definition) is 0. The van der Waals surface area contributed by atoms with E-state index in [2.05, 4.69) is 41.7 Å². The van der Waals surface area contributed by atoms with E-state index < -0.39 is 0 Å². The number of rotatable bonds is 3. The average molecular weight is 153 g/mol. The Morgan fingerprint density at radius 3 is 2.64 bits per heavy atom. The van der Waals surface area contributed by atoms with Gasteiger partial charge in [0.05, 0.1) is 13.6 Å². The van der Waals surface area contributed by atoms with E-state index in [0.29, 0.717) is 0 Å². The predicted molar refractivity (Wildman–Crippen MR) is 45.1 cm³/mol. The fourth-order valence-corrected chi connectivity index (χ4v) is 1.04. The number of aryl methyl sites for hydroxylation is 2. The van der Waals surface area contributed by atoms with Crippen LogP contribution in [0.1, 0.15) is 20.3 Å². The first-order valence-electron chi connectivity index (χ1n) is 4.19. The van der Waals surface area contributed by atoms with Crippen LogP contribution in [0.2, 0.25) is 0 Å². The van der Waals surface area contributed by atoms with E-state index in [-0.39, 0.29) is 0 Å². The first-order valence-corrected chi connectivity index (χ1v) is 4.19. The molecule has 62 valence electrons. The third-order valence-electron chi connectivity index (χ3n) is 1.79. The third kappa shape index (κ3) is 2.74. The Hall–Kier alpha value is -0.790. The predicted octanol–water partition coefficient (Wildman–Crippen LogP) is 1.36. The number of hydrogen-bond acceptors (Lipinski definition) is 0. The largest absolute Gasteiger partial charge is 0.243 e. The standard InChI is InChI=1S/C9H17N2/c1-9(2)4-5-11-7-6-10(3)8-11/h6-9H,4-5H2,1-3H3/q+1. The maximum atomic E-state index is 2.25. The zero-order valence-electron chi connectivity index (χ0n) is 7.62. The lowest BCUT2D eigenvalue weighted by molar-refractivity contribution is -0.697. The van der Waals surface area contributed by atoms with Gasteiger partial charge in [-0.25, -0.2) is 9.13 Å². The number of nitrogens with zero attached hydrogens (tertiary/aromatic N) is 2. The zero-order chi connectivity index (χ0) is 8.27. The van der Waals surface area contributed by atoms with Crippen molar-refractivity contribution < 1.29 is 4.57 Å².